The van der Waals surface area contributed by atoms with Crippen LogP contribution < -0.4 is 4.74 Å². The fourth-order valence-corrected chi connectivity index (χ4v) is 6.14. The first kappa shape index (κ1) is 22.5. The molecule has 0 aliphatic heterocycles. The van der Waals surface area contributed by atoms with Crippen molar-refractivity contribution in [2.24, 2.45) is 5.92 Å². The topological polar surface area (TPSA) is 9.23 Å². The van der Waals surface area contributed by atoms with E-state index in [0.717, 1.165) is 17.7 Å². The summed E-state index contributed by atoms with van der Waals surface area (Å²) in [7, 11) is -0.352. The van der Waals surface area contributed by atoms with E-state index in [1.165, 1.54) is 35.1 Å². The second-order valence-electron chi connectivity index (χ2n) is 8.74. The average molecular weight is 446 g/mol. The first-order chi connectivity index (χ1) is 15.5. The molecule has 164 valence electrons. The summed E-state index contributed by atoms with van der Waals surface area (Å²) in [6, 6.07) is 25.9. The second-order valence-corrected chi connectivity index (χ2v) is 10.8. The van der Waals surface area contributed by atoms with Crippen LogP contribution in [0.2, 0.25) is 0 Å². The van der Waals surface area contributed by atoms with E-state index in [2.05, 4.69) is 36.1 Å². The highest BCUT2D eigenvalue weighted by Crippen LogP contribution is 2.34. The van der Waals surface area contributed by atoms with Crippen LogP contribution in [-0.4, -0.2) is 5.60 Å². The molecule has 0 aromatic heterocycles. The predicted molar refractivity (Wildman–Crippen MR) is 131 cm³/mol. The number of rotatable bonds is 5. The normalized spacial score (nSPS) is 14.6. The molecule has 0 amide bonds. The molecule has 0 radical (unpaired) electrons. The number of ether oxygens (including phenoxy) is 1. The Labute approximate surface area is 194 Å². The van der Waals surface area contributed by atoms with Gasteiger partial charge in [-0.1, -0.05) is 67.5 Å². The summed E-state index contributed by atoms with van der Waals surface area (Å²) < 4.78 is 20.9. The molecular weight excluding hydrogens is 415 g/mol. The molecule has 1 fully saturated rings. The Morgan fingerprint density at radius 1 is 0.812 bits per heavy atom. The smallest absolute Gasteiger partial charge is 0.170 e. The zero-order valence-electron chi connectivity index (χ0n) is 18.8. The SMILES string of the molecule is CC(C)(C#CC1CCCCC1)Oc1cc([S+](c2ccccc2)c2ccccc2)ccc1F. The van der Waals surface area contributed by atoms with Gasteiger partial charge >= 0.3 is 0 Å². The molecule has 1 aliphatic carbocycles. The highest BCUT2D eigenvalue weighted by Gasteiger charge is 2.30. The number of hydrogen-bond donors (Lipinski definition) is 0. The minimum atomic E-state index is -0.755. The van der Waals surface area contributed by atoms with Crippen molar-refractivity contribution in [3.05, 3.63) is 84.7 Å². The standard InChI is InChI=1S/C29H30FOS/c1-29(2,21-20-23-12-6-3-7-13-23)31-28-22-26(18-19-27(28)30)32(24-14-8-4-9-15-24)25-16-10-5-11-17-25/h4-5,8-11,14-19,22-23H,3,6-7,12-13H2,1-2H3/q+1. The van der Waals surface area contributed by atoms with E-state index in [-0.39, 0.29) is 22.5 Å². The predicted octanol–water partition coefficient (Wildman–Crippen LogP) is 7.66. The summed E-state index contributed by atoms with van der Waals surface area (Å²) in [4.78, 5) is 3.40. The van der Waals surface area contributed by atoms with Crippen LogP contribution in [0.15, 0.2) is 93.5 Å². The van der Waals surface area contributed by atoms with Gasteiger partial charge in [-0.15, -0.1) is 0 Å². The van der Waals surface area contributed by atoms with Crippen molar-refractivity contribution in [3.8, 4) is 17.6 Å². The van der Waals surface area contributed by atoms with Crippen molar-refractivity contribution in [1.29, 1.82) is 0 Å². The Kier molecular flexibility index (Phi) is 7.22. The van der Waals surface area contributed by atoms with Crippen molar-refractivity contribution in [2.75, 3.05) is 0 Å². The molecule has 0 unspecified atom stereocenters. The first-order valence-electron chi connectivity index (χ1n) is 11.4. The van der Waals surface area contributed by atoms with Gasteiger partial charge in [0.1, 0.15) is 0 Å². The summed E-state index contributed by atoms with van der Waals surface area (Å²) in [5, 5.41) is 0. The average Bonchev–Trinajstić information content (AvgIpc) is 2.82. The van der Waals surface area contributed by atoms with Gasteiger partial charge in [0.15, 0.2) is 31.9 Å². The van der Waals surface area contributed by atoms with E-state index in [9.17, 15) is 4.39 Å². The van der Waals surface area contributed by atoms with Crippen LogP contribution in [0.1, 0.15) is 46.0 Å². The molecule has 3 heteroatoms. The Hall–Kier alpha value is -2.70. The minimum Gasteiger partial charge on any atom is -0.472 e. The van der Waals surface area contributed by atoms with Crippen molar-refractivity contribution >= 4 is 10.9 Å². The highest BCUT2D eigenvalue weighted by atomic mass is 32.2. The summed E-state index contributed by atoms with van der Waals surface area (Å²) in [6.45, 7) is 3.84. The Balaban J connectivity index is 1.64. The van der Waals surface area contributed by atoms with Crippen LogP contribution in [-0.2, 0) is 10.9 Å². The molecule has 3 aromatic carbocycles. The lowest BCUT2D eigenvalue weighted by Crippen LogP contribution is -2.27. The van der Waals surface area contributed by atoms with E-state index in [4.69, 9.17) is 4.74 Å². The molecule has 1 saturated carbocycles. The van der Waals surface area contributed by atoms with E-state index in [1.54, 1.807) is 0 Å². The molecule has 0 N–H and O–H groups in total. The molecule has 32 heavy (non-hydrogen) atoms. The van der Waals surface area contributed by atoms with E-state index in [1.807, 2.05) is 62.4 Å². The molecule has 4 rings (SSSR count). The highest BCUT2D eigenvalue weighted by molar-refractivity contribution is 7.97. The molecule has 1 aliphatic rings. The second kappa shape index (κ2) is 10.3. The maximum Gasteiger partial charge on any atom is 0.170 e. The molecule has 0 saturated heterocycles. The van der Waals surface area contributed by atoms with Gasteiger partial charge in [-0.05, 0) is 63.1 Å². The molecule has 3 aromatic rings. The summed E-state index contributed by atoms with van der Waals surface area (Å²) in [5.41, 5.74) is -0.755. The third kappa shape index (κ3) is 5.75. The molecule has 0 spiro atoms. The Morgan fingerprint density at radius 3 is 2.00 bits per heavy atom. The van der Waals surface area contributed by atoms with Crippen LogP contribution in [0, 0.1) is 23.6 Å². The maximum absolute atomic E-state index is 14.8. The fourth-order valence-electron chi connectivity index (χ4n) is 4.03. The molecule has 0 bridgehead atoms. The van der Waals surface area contributed by atoms with Gasteiger partial charge in [0.2, 0.25) is 0 Å². The van der Waals surface area contributed by atoms with Crippen LogP contribution >= 0.6 is 0 Å². The van der Waals surface area contributed by atoms with Crippen LogP contribution in [0.3, 0.4) is 0 Å². The minimum absolute atomic E-state index is 0.259. The fraction of sp³-hybridized carbons (Fsp3) is 0.310. The molecular formula is C29H30FOS+. The van der Waals surface area contributed by atoms with E-state index >= 15 is 0 Å². The quantitative estimate of drug-likeness (QED) is 0.289. The molecule has 0 heterocycles. The van der Waals surface area contributed by atoms with Gasteiger partial charge in [0, 0.05) is 12.0 Å². The van der Waals surface area contributed by atoms with Crippen molar-refractivity contribution in [1.82, 2.24) is 0 Å². The summed E-state index contributed by atoms with van der Waals surface area (Å²) in [5.74, 6) is 7.01. The lowest BCUT2D eigenvalue weighted by atomic mass is 9.89. The molecule has 1 nitrogen and oxygen atoms in total. The lowest BCUT2D eigenvalue weighted by molar-refractivity contribution is 0.163. The Morgan fingerprint density at radius 2 is 1.41 bits per heavy atom. The zero-order chi connectivity index (χ0) is 22.4. The van der Waals surface area contributed by atoms with E-state index < -0.39 is 5.60 Å². The maximum atomic E-state index is 14.8. The van der Waals surface area contributed by atoms with Gasteiger partial charge in [-0.25, -0.2) is 4.39 Å². The monoisotopic (exact) mass is 445 g/mol. The number of benzene rings is 3. The van der Waals surface area contributed by atoms with Crippen LogP contribution in [0.4, 0.5) is 4.39 Å². The van der Waals surface area contributed by atoms with Gasteiger partial charge in [0.05, 0.1) is 10.9 Å². The third-order valence-electron chi connectivity index (χ3n) is 5.64. The number of hydrogen-bond acceptors (Lipinski definition) is 1. The van der Waals surface area contributed by atoms with Gasteiger partial charge in [-0.3, -0.25) is 0 Å². The van der Waals surface area contributed by atoms with Crippen molar-refractivity contribution < 1.29 is 9.13 Å². The number of halogens is 1. The first-order valence-corrected chi connectivity index (χ1v) is 12.6. The summed E-state index contributed by atoms with van der Waals surface area (Å²) in [6.07, 6.45) is 6.12. The van der Waals surface area contributed by atoms with Crippen molar-refractivity contribution in [3.63, 3.8) is 0 Å². The summed E-state index contributed by atoms with van der Waals surface area (Å²) >= 11 is 0. The van der Waals surface area contributed by atoms with Crippen LogP contribution in [0.5, 0.6) is 5.75 Å². The van der Waals surface area contributed by atoms with Gasteiger partial charge < -0.3 is 4.74 Å². The molecule has 0 atom stereocenters. The van der Waals surface area contributed by atoms with Crippen LogP contribution in [0.25, 0.3) is 0 Å². The van der Waals surface area contributed by atoms with Crippen molar-refractivity contribution in [2.45, 2.75) is 66.2 Å². The van der Waals surface area contributed by atoms with Gasteiger partial charge in [0.25, 0.3) is 0 Å². The van der Waals surface area contributed by atoms with E-state index in [0.29, 0.717) is 5.92 Å². The lowest BCUT2D eigenvalue weighted by Gasteiger charge is -2.22. The third-order valence-corrected chi connectivity index (χ3v) is 7.86. The largest absolute Gasteiger partial charge is 0.472 e. The zero-order valence-corrected chi connectivity index (χ0v) is 19.6. The van der Waals surface area contributed by atoms with Gasteiger partial charge in [-0.2, -0.15) is 0 Å². The Bertz CT molecular complexity index is 1040.